The molecule has 0 unspecified atom stereocenters. The van der Waals surface area contributed by atoms with Gasteiger partial charge < -0.3 is 4.74 Å². The Morgan fingerprint density at radius 2 is 1.67 bits per heavy atom. The van der Waals surface area contributed by atoms with Gasteiger partial charge in [0.15, 0.2) is 0 Å². The van der Waals surface area contributed by atoms with Crippen LogP contribution in [0.2, 0.25) is 0 Å². The maximum atomic E-state index is 12.8. The number of hydrogen-bond acceptors (Lipinski definition) is 7. The fourth-order valence-electron chi connectivity index (χ4n) is 3.00. The van der Waals surface area contributed by atoms with Crippen LogP contribution in [0.3, 0.4) is 0 Å². The summed E-state index contributed by atoms with van der Waals surface area (Å²) in [4.78, 5) is 4.14. The largest absolute Gasteiger partial charge is 0.379 e. The van der Waals surface area contributed by atoms with Crippen molar-refractivity contribution in [1.82, 2.24) is 19.5 Å². The molecule has 30 heavy (non-hydrogen) atoms. The third-order valence-corrected chi connectivity index (χ3v) is 7.84. The number of hydrogen-bond donors (Lipinski definition) is 2. The average molecular weight is 450 g/mol. The minimum absolute atomic E-state index is 0.0286. The summed E-state index contributed by atoms with van der Waals surface area (Å²) < 4.78 is 59.9. The average Bonchev–Trinajstić information content (AvgIpc) is 3.22. The first-order valence-electron chi connectivity index (χ1n) is 9.03. The topological polar surface area (TPSA) is 134 Å². The van der Waals surface area contributed by atoms with Crippen molar-refractivity contribution in [3.8, 4) is 11.4 Å². The molecule has 0 amide bonds. The molecule has 10 nitrogen and oxygen atoms in total. The van der Waals surface area contributed by atoms with Crippen molar-refractivity contribution < 1.29 is 21.6 Å². The molecule has 4 rings (SSSR count). The lowest BCUT2D eigenvalue weighted by atomic mass is 10.2. The zero-order valence-corrected chi connectivity index (χ0v) is 17.4. The van der Waals surface area contributed by atoms with Gasteiger partial charge in [-0.3, -0.25) is 14.8 Å². The summed E-state index contributed by atoms with van der Waals surface area (Å²) in [6.45, 7) is 1.19. The number of benzene rings is 1. The Bertz CT molecular complexity index is 1220. The molecule has 158 valence electrons. The Morgan fingerprint density at radius 1 is 0.967 bits per heavy atom. The number of nitrogens with zero attached hydrogens (tertiary/aromatic N) is 3. The van der Waals surface area contributed by atoms with Gasteiger partial charge in [-0.1, -0.05) is 6.07 Å². The molecular weight excluding hydrogens is 430 g/mol. The third kappa shape index (κ3) is 4.07. The zero-order chi connectivity index (χ0) is 21.2. The van der Waals surface area contributed by atoms with E-state index in [0.717, 1.165) is 0 Å². The fourth-order valence-corrected chi connectivity index (χ4v) is 5.46. The Morgan fingerprint density at radius 3 is 2.33 bits per heavy atom. The molecule has 1 fully saturated rings. The van der Waals surface area contributed by atoms with E-state index in [1.165, 1.54) is 34.8 Å². The van der Waals surface area contributed by atoms with E-state index in [4.69, 9.17) is 4.74 Å². The second kappa shape index (κ2) is 8.14. The van der Waals surface area contributed by atoms with Gasteiger partial charge in [0, 0.05) is 19.3 Å². The minimum atomic E-state index is -3.97. The fraction of sp³-hybridized carbons (Fsp3) is 0.222. The van der Waals surface area contributed by atoms with Crippen LogP contribution in [0, 0.1) is 0 Å². The molecule has 3 heterocycles. The zero-order valence-electron chi connectivity index (χ0n) is 15.7. The summed E-state index contributed by atoms with van der Waals surface area (Å²) in [5, 5.41) is 6.61. The van der Waals surface area contributed by atoms with Crippen LogP contribution >= 0.6 is 0 Å². The molecule has 0 bridgehead atoms. The Hall–Kier alpha value is -2.80. The van der Waals surface area contributed by atoms with Crippen LogP contribution in [0.15, 0.2) is 64.6 Å². The van der Waals surface area contributed by atoms with Crippen molar-refractivity contribution in [3.05, 3.63) is 54.9 Å². The number of nitrogens with one attached hydrogen (secondary N) is 2. The van der Waals surface area contributed by atoms with Gasteiger partial charge in [-0.25, -0.2) is 16.8 Å². The Balaban J connectivity index is 1.57. The van der Waals surface area contributed by atoms with Crippen LogP contribution < -0.4 is 4.72 Å². The van der Waals surface area contributed by atoms with Crippen molar-refractivity contribution in [3.63, 3.8) is 0 Å². The lowest BCUT2D eigenvalue weighted by Gasteiger charge is -2.26. The van der Waals surface area contributed by atoms with Crippen LogP contribution in [0.25, 0.3) is 11.4 Å². The molecule has 1 aliphatic rings. The lowest BCUT2D eigenvalue weighted by Crippen LogP contribution is -2.40. The van der Waals surface area contributed by atoms with Crippen molar-refractivity contribution in [2.45, 2.75) is 9.79 Å². The van der Waals surface area contributed by atoms with Gasteiger partial charge in [-0.05, 0) is 36.4 Å². The van der Waals surface area contributed by atoms with Gasteiger partial charge in [0.05, 0.1) is 40.6 Å². The summed E-state index contributed by atoms with van der Waals surface area (Å²) in [6, 6.07) is 10.3. The molecular formula is C18H19N5O5S2. The molecule has 3 aromatic rings. The van der Waals surface area contributed by atoms with Gasteiger partial charge in [0.25, 0.3) is 10.0 Å². The summed E-state index contributed by atoms with van der Waals surface area (Å²) >= 11 is 0. The predicted molar refractivity (Wildman–Crippen MR) is 109 cm³/mol. The smallest absolute Gasteiger partial charge is 0.262 e. The first-order valence-corrected chi connectivity index (χ1v) is 12.0. The van der Waals surface area contributed by atoms with E-state index >= 15 is 0 Å². The van der Waals surface area contributed by atoms with Crippen LogP contribution in [0.4, 0.5) is 5.69 Å². The number of aromatic amines is 1. The van der Waals surface area contributed by atoms with Gasteiger partial charge in [-0.2, -0.15) is 9.40 Å². The molecule has 1 aliphatic heterocycles. The monoisotopic (exact) mass is 449 g/mol. The number of aromatic nitrogens is 3. The van der Waals surface area contributed by atoms with Crippen LogP contribution in [0.1, 0.15) is 0 Å². The number of sulfonamides is 2. The lowest BCUT2D eigenvalue weighted by molar-refractivity contribution is 0.0730. The minimum Gasteiger partial charge on any atom is -0.379 e. The van der Waals surface area contributed by atoms with E-state index in [-0.39, 0.29) is 28.6 Å². The second-order valence-corrected chi connectivity index (χ2v) is 10.1. The molecule has 0 aliphatic carbocycles. The summed E-state index contributed by atoms with van der Waals surface area (Å²) in [5.41, 5.74) is 1.18. The van der Waals surface area contributed by atoms with Gasteiger partial charge >= 0.3 is 0 Å². The van der Waals surface area contributed by atoms with Crippen LogP contribution in [0.5, 0.6) is 0 Å². The maximum Gasteiger partial charge on any atom is 0.262 e. The predicted octanol–water partition coefficient (Wildman–Crippen LogP) is 1.29. The molecule has 1 aromatic carbocycles. The number of rotatable bonds is 6. The van der Waals surface area contributed by atoms with Crippen LogP contribution in [-0.4, -0.2) is 62.6 Å². The molecule has 1 saturated heterocycles. The van der Waals surface area contributed by atoms with E-state index in [1.807, 2.05) is 0 Å². The molecule has 0 spiro atoms. The van der Waals surface area contributed by atoms with Crippen molar-refractivity contribution in [1.29, 1.82) is 0 Å². The molecule has 0 atom stereocenters. The summed E-state index contributed by atoms with van der Waals surface area (Å²) in [5.74, 6) is 0. The molecule has 0 saturated carbocycles. The van der Waals surface area contributed by atoms with Crippen LogP contribution in [-0.2, 0) is 24.8 Å². The highest BCUT2D eigenvalue weighted by Crippen LogP contribution is 2.26. The number of pyridine rings is 1. The molecule has 2 N–H and O–H groups in total. The van der Waals surface area contributed by atoms with Crippen molar-refractivity contribution in [2.24, 2.45) is 0 Å². The van der Waals surface area contributed by atoms with Gasteiger partial charge in [0.2, 0.25) is 10.0 Å². The quantitative estimate of drug-likeness (QED) is 0.579. The Labute approximate surface area is 174 Å². The highest BCUT2D eigenvalue weighted by Gasteiger charge is 2.27. The highest BCUT2D eigenvalue weighted by molar-refractivity contribution is 7.92. The van der Waals surface area contributed by atoms with E-state index in [9.17, 15) is 16.8 Å². The van der Waals surface area contributed by atoms with Crippen molar-refractivity contribution in [2.75, 3.05) is 31.0 Å². The standard InChI is InChI=1S/C18H19N5O5S2/c24-29(25,22-17-13-20-21-18(17)16-3-1-2-8-19-16)14-4-6-15(7-5-14)30(26,27)23-9-11-28-12-10-23/h1-8,13,22H,9-12H2,(H,20,21). The van der Waals surface area contributed by atoms with Gasteiger partial charge in [-0.15, -0.1) is 0 Å². The number of ether oxygens (including phenoxy) is 1. The number of H-pyrrole nitrogens is 1. The summed E-state index contributed by atoms with van der Waals surface area (Å²) in [7, 11) is -7.67. The normalized spacial score (nSPS) is 15.7. The van der Waals surface area contributed by atoms with Crippen molar-refractivity contribution >= 4 is 25.7 Å². The SMILES string of the molecule is O=S(=O)(Nc1cn[nH]c1-c1ccccn1)c1ccc(S(=O)(=O)N2CCOCC2)cc1. The molecule has 2 aromatic heterocycles. The van der Waals surface area contributed by atoms with E-state index in [2.05, 4.69) is 19.9 Å². The highest BCUT2D eigenvalue weighted by atomic mass is 32.2. The molecule has 12 heteroatoms. The summed E-state index contributed by atoms with van der Waals surface area (Å²) in [6.07, 6.45) is 2.93. The number of anilines is 1. The maximum absolute atomic E-state index is 12.8. The first kappa shape index (κ1) is 20.5. The van der Waals surface area contributed by atoms with E-state index in [0.29, 0.717) is 24.6 Å². The van der Waals surface area contributed by atoms with Gasteiger partial charge in [0.1, 0.15) is 5.69 Å². The first-order chi connectivity index (χ1) is 14.4. The molecule has 0 radical (unpaired) electrons. The second-order valence-electron chi connectivity index (χ2n) is 6.47. The number of morpholine rings is 1. The Kier molecular flexibility index (Phi) is 5.56. The van der Waals surface area contributed by atoms with E-state index in [1.54, 1.807) is 24.4 Å². The van der Waals surface area contributed by atoms with E-state index < -0.39 is 20.0 Å². The third-order valence-electron chi connectivity index (χ3n) is 4.55.